The molecule has 4 nitrogen and oxygen atoms in total. The molecular weight excluding hydrogens is 464 g/mol. The molecule has 5 heteroatoms. The Hall–Kier alpha value is -2.92. The average molecular weight is 493 g/mol. The van der Waals surface area contributed by atoms with Crippen LogP contribution in [-0.4, -0.2) is 23.3 Å². The summed E-state index contributed by atoms with van der Waals surface area (Å²) < 4.78 is 0.709. The molecule has 1 atom stereocenters. The monoisotopic (exact) mass is 492 g/mol. The first-order chi connectivity index (χ1) is 15.3. The molecule has 0 fully saturated rings. The predicted molar refractivity (Wildman–Crippen MR) is 134 cm³/mol. The van der Waals surface area contributed by atoms with Gasteiger partial charge in [0.2, 0.25) is 0 Å². The lowest BCUT2D eigenvalue weighted by Gasteiger charge is -2.33. The van der Waals surface area contributed by atoms with Gasteiger partial charge in [0.15, 0.2) is 0 Å². The fourth-order valence-electron chi connectivity index (χ4n) is 3.80. The maximum atomic E-state index is 13.7. The molecule has 0 bridgehead atoms. The first kappa shape index (κ1) is 23.7. The number of anilines is 1. The highest BCUT2D eigenvalue weighted by Crippen LogP contribution is 2.29. The van der Waals surface area contributed by atoms with E-state index < -0.39 is 6.04 Å². The van der Waals surface area contributed by atoms with Crippen LogP contribution < -0.4 is 5.32 Å². The second-order valence-electron chi connectivity index (χ2n) is 8.40. The van der Waals surface area contributed by atoms with Crippen LogP contribution in [0, 0.1) is 19.8 Å². The van der Waals surface area contributed by atoms with Crippen LogP contribution in [0.2, 0.25) is 0 Å². The fourth-order valence-corrected chi connectivity index (χ4v) is 4.25. The van der Waals surface area contributed by atoms with E-state index in [-0.39, 0.29) is 17.7 Å². The number of rotatable bonds is 7. The van der Waals surface area contributed by atoms with E-state index in [1.54, 1.807) is 11.0 Å². The third kappa shape index (κ3) is 5.46. The van der Waals surface area contributed by atoms with Crippen molar-refractivity contribution in [3.63, 3.8) is 0 Å². The van der Waals surface area contributed by atoms with E-state index in [0.717, 1.165) is 22.4 Å². The Labute approximate surface area is 198 Å². The van der Waals surface area contributed by atoms with Gasteiger partial charge in [-0.2, -0.15) is 0 Å². The number of aryl methyl sites for hydroxylation is 2. The summed E-state index contributed by atoms with van der Waals surface area (Å²) in [6.07, 6.45) is 0. The smallest absolute Gasteiger partial charge is 0.255 e. The Morgan fingerprint density at radius 1 is 0.875 bits per heavy atom. The van der Waals surface area contributed by atoms with Crippen molar-refractivity contribution < 1.29 is 9.59 Å². The highest BCUT2D eigenvalue weighted by atomic mass is 79.9. The van der Waals surface area contributed by atoms with Crippen LogP contribution in [0.4, 0.5) is 5.69 Å². The molecule has 0 heterocycles. The highest BCUT2D eigenvalue weighted by Gasteiger charge is 2.33. The lowest BCUT2D eigenvalue weighted by molar-refractivity contribution is -0.121. The summed E-state index contributed by atoms with van der Waals surface area (Å²) in [6, 6.07) is 22.0. The maximum absolute atomic E-state index is 13.7. The van der Waals surface area contributed by atoms with Crippen LogP contribution in [-0.2, 0) is 4.79 Å². The zero-order valence-electron chi connectivity index (χ0n) is 18.9. The van der Waals surface area contributed by atoms with Crippen LogP contribution in [0.3, 0.4) is 0 Å². The fraction of sp³-hybridized carbons (Fsp3) is 0.259. The number of nitrogens with zero attached hydrogens (tertiary/aromatic N) is 1. The number of hydrogen-bond acceptors (Lipinski definition) is 2. The van der Waals surface area contributed by atoms with Crippen LogP contribution in [0.15, 0.2) is 77.3 Å². The van der Waals surface area contributed by atoms with Crippen LogP contribution >= 0.6 is 15.9 Å². The van der Waals surface area contributed by atoms with Gasteiger partial charge in [-0.05, 0) is 64.5 Å². The summed E-state index contributed by atoms with van der Waals surface area (Å²) in [5, 5.41) is 3.11. The number of carbonyl (C=O) groups is 2. The second kappa shape index (κ2) is 10.6. The van der Waals surface area contributed by atoms with E-state index in [9.17, 15) is 9.59 Å². The molecule has 0 aliphatic carbocycles. The topological polar surface area (TPSA) is 49.4 Å². The molecule has 0 aliphatic rings. The molecule has 0 radical (unpaired) electrons. The van der Waals surface area contributed by atoms with Gasteiger partial charge < -0.3 is 10.2 Å². The van der Waals surface area contributed by atoms with Gasteiger partial charge in [0, 0.05) is 16.7 Å². The molecule has 166 valence electrons. The number of nitrogens with one attached hydrogen (secondary N) is 1. The molecule has 0 saturated heterocycles. The SMILES string of the molecule is Cc1cccc(C)c1NC(=O)C(c1ccccc1)N(CC(C)C)C(=O)c1ccccc1Br. The summed E-state index contributed by atoms with van der Waals surface area (Å²) in [5.41, 5.74) is 4.07. The van der Waals surface area contributed by atoms with Crippen molar-refractivity contribution in [1.29, 1.82) is 0 Å². The predicted octanol–water partition coefficient (Wildman–Crippen LogP) is 6.54. The minimum absolute atomic E-state index is 0.181. The first-order valence-electron chi connectivity index (χ1n) is 10.8. The van der Waals surface area contributed by atoms with Crippen molar-refractivity contribution >= 4 is 33.4 Å². The highest BCUT2D eigenvalue weighted by molar-refractivity contribution is 9.10. The lowest BCUT2D eigenvalue weighted by Crippen LogP contribution is -2.43. The van der Waals surface area contributed by atoms with Gasteiger partial charge in [-0.25, -0.2) is 0 Å². The van der Waals surface area contributed by atoms with Crippen molar-refractivity contribution in [1.82, 2.24) is 4.90 Å². The molecular formula is C27H29BrN2O2. The molecule has 0 aliphatic heterocycles. The molecule has 2 amide bonds. The first-order valence-corrected chi connectivity index (χ1v) is 11.6. The molecule has 3 aromatic carbocycles. The van der Waals surface area contributed by atoms with Gasteiger partial charge in [-0.3, -0.25) is 9.59 Å². The number of amides is 2. The van der Waals surface area contributed by atoms with Gasteiger partial charge in [0.05, 0.1) is 5.56 Å². The number of carbonyl (C=O) groups excluding carboxylic acids is 2. The largest absolute Gasteiger partial charge is 0.323 e. The zero-order valence-corrected chi connectivity index (χ0v) is 20.5. The Morgan fingerprint density at radius 3 is 2.06 bits per heavy atom. The summed E-state index contributed by atoms with van der Waals surface area (Å²) >= 11 is 3.50. The molecule has 3 aromatic rings. The van der Waals surface area contributed by atoms with Crippen molar-refractivity contribution in [3.05, 3.63) is 99.5 Å². The second-order valence-corrected chi connectivity index (χ2v) is 9.25. The van der Waals surface area contributed by atoms with E-state index in [2.05, 4.69) is 21.2 Å². The number of para-hydroxylation sites is 1. The van der Waals surface area contributed by atoms with Crippen LogP contribution in [0.25, 0.3) is 0 Å². The zero-order chi connectivity index (χ0) is 23.3. The normalized spacial score (nSPS) is 11.8. The Kier molecular flexibility index (Phi) is 7.86. The molecule has 32 heavy (non-hydrogen) atoms. The quantitative estimate of drug-likeness (QED) is 0.406. The lowest BCUT2D eigenvalue weighted by atomic mass is 10.0. The molecule has 0 spiro atoms. The van der Waals surface area contributed by atoms with Crippen molar-refractivity contribution in [2.24, 2.45) is 5.92 Å². The van der Waals surface area contributed by atoms with E-state index in [0.29, 0.717) is 16.6 Å². The summed E-state index contributed by atoms with van der Waals surface area (Å²) in [4.78, 5) is 29.2. The summed E-state index contributed by atoms with van der Waals surface area (Å²) in [5.74, 6) is -0.230. The van der Waals surface area contributed by atoms with E-state index in [1.807, 2.05) is 94.4 Å². The average Bonchev–Trinajstić information content (AvgIpc) is 2.76. The number of halogens is 1. The molecule has 1 unspecified atom stereocenters. The summed E-state index contributed by atoms with van der Waals surface area (Å²) in [7, 11) is 0. The third-order valence-corrected chi connectivity index (χ3v) is 6.02. The minimum Gasteiger partial charge on any atom is -0.323 e. The minimum atomic E-state index is -0.766. The molecule has 0 saturated carbocycles. The van der Waals surface area contributed by atoms with E-state index in [1.165, 1.54) is 0 Å². The maximum Gasteiger partial charge on any atom is 0.255 e. The Morgan fingerprint density at radius 2 is 1.47 bits per heavy atom. The van der Waals surface area contributed by atoms with Crippen LogP contribution in [0.5, 0.6) is 0 Å². The standard InChI is InChI=1S/C27H29BrN2O2/c1-18(2)17-30(27(32)22-15-8-9-16-23(22)28)25(21-13-6-5-7-14-21)26(31)29-24-19(3)11-10-12-20(24)4/h5-16,18,25H,17H2,1-4H3,(H,29,31). The van der Waals surface area contributed by atoms with Crippen molar-refractivity contribution in [2.45, 2.75) is 33.7 Å². The van der Waals surface area contributed by atoms with Crippen molar-refractivity contribution in [2.75, 3.05) is 11.9 Å². The van der Waals surface area contributed by atoms with Gasteiger partial charge in [-0.15, -0.1) is 0 Å². The number of benzene rings is 3. The van der Waals surface area contributed by atoms with Crippen LogP contribution in [0.1, 0.15) is 46.9 Å². The van der Waals surface area contributed by atoms with Gasteiger partial charge in [-0.1, -0.05) is 74.5 Å². The molecule has 1 N–H and O–H groups in total. The Balaban J connectivity index is 2.08. The molecule has 3 rings (SSSR count). The Bertz CT molecular complexity index is 1080. The van der Waals surface area contributed by atoms with Gasteiger partial charge in [0.1, 0.15) is 6.04 Å². The third-order valence-electron chi connectivity index (χ3n) is 5.33. The van der Waals surface area contributed by atoms with E-state index in [4.69, 9.17) is 0 Å². The van der Waals surface area contributed by atoms with Gasteiger partial charge in [0.25, 0.3) is 11.8 Å². The van der Waals surface area contributed by atoms with Gasteiger partial charge >= 0.3 is 0 Å². The van der Waals surface area contributed by atoms with Crippen molar-refractivity contribution in [3.8, 4) is 0 Å². The number of hydrogen-bond donors (Lipinski definition) is 1. The summed E-state index contributed by atoms with van der Waals surface area (Å²) in [6.45, 7) is 8.48. The molecule has 0 aromatic heterocycles. The van der Waals surface area contributed by atoms with E-state index >= 15 is 0 Å².